The van der Waals surface area contributed by atoms with Crippen molar-refractivity contribution in [2.24, 2.45) is 5.92 Å². The monoisotopic (exact) mass is 321 g/mol. The van der Waals surface area contributed by atoms with Gasteiger partial charge in [-0.2, -0.15) is 0 Å². The van der Waals surface area contributed by atoms with E-state index in [9.17, 15) is 0 Å². The van der Waals surface area contributed by atoms with Crippen LogP contribution in [0.25, 0.3) is 11.5 Å². The summed E-state index contributed by atoms with van der Waals surface area (Å²) in [5, 5.41) is 11.6. The molecule has 1 aromatic heterocycles. The minimum absolute atomic E-state index is 0.527. The van der Waals surface area contributed by atoms with Crippen LogP contribution in [0.15, 0.2) is 33.2 Å². The lowest BCUT2D eigenvalue weighted by Gasteiger charge is -2.09. The highest BCUT2D eigenvalue weighted by Gasteiger charge is 2.27. The van der Waals surface area contributed by atoms with Crippen LogP contribution in [0.1, 0.15) is 25.7 Å². The van der Waals surface area contributed by atoms with Gasteiger partial charge in [-0.3, -0.25) is 0 Å². The van der Waals surface area contributed by atoms with Crippen molar-refractivity contribution in [3.63, 3.8) is 0 Å². The molecule has 1 heterocycles. The molecule has 0 bridgehead atoms. The first kappa shape index (κ1) is 12.8. The molecule has 0 aliphatic heterocycles. The van der Waals surface area contributed by atoms with E-state index in [1.165, 1.54) is 12.8 Å². The first-order valence-corrected chi connectivity index (χ1v) is 7.34. The fraction of sp³-hybridized carbons (Fsp3) is 0.429. The lowest BCUT2D eigenvalue weighted by Crippen LogP contribution is -2.27. The third-order valence-electron chi connectivity index (χ3n) is 3.48. The first-order chi connectivity index (χ1) is 9.24. The summed E-state index contributed by atoms with van der Waals surface area (Å²) in [4.78, 5) is 0. The molecule has 0 saturated heterocycles. The molecule has 1 aromatic carbocycles. The van der Waals surface area contributed by atoms with Crippen molar-refractivity contribution in [2.45, 2.75) is 32.4 Å². The molecule has 1 N–H and O–H groups in total. The molecule has 0 amide bonds. The summed E-state index contributed by atoms with van der Waals surface area (Å²) in [5.74, 6) is 2.02. The summed E-state index contributed by atoms with van der Waals surface area (Å²) in [6, 6.07) is 8.37. The van der Waals surface area contributed by atoms with E-state index in [2.05, 4.69) is 38.4 Å². The van der Waals surface area contributed by atoms with Crippen molar-refractivity contribution in [2.75, 3.05) is 0 Å². The number of halogens is 1. The fourth-order valence-electron chi connectivity index (χ4n) is 2.08. The quantitative estimate of drug-likeness (QED) is 0.917. The van der Waals surface area contributed by atoms with Crippen LogP contribution >= 0.6 is 15.9 Å². The number of hydrogen-bond acceptors (Lipinski definition) is 4. The van der Waals surface area contributed by atoms with Gasteiger partial charge in [0.15, 0.2) is 0 Å². The standard InChI is InChI=1S/C14H16BrN3O/c1-9(10-6-7-10)16-8-13-17-18-14(19-13)11-4-2-3-5-12(11)15/h2-5,9-10,16H,6-8H2,1H3. The zero-order valence-electron chi connectivity index (χ0n) is 10.8. The molecule has 1 aliphatic carbocycles. The van der Waals surface area contributed by atoms with Crippen molar-refractivity contribution >= 4 is 15.9 Å². The second-order valence-electron chi connectivity index (χ2n) is 4.99. The molecule has 0 spiro atoms. The summed E-state index contributed by atoms with van der Waals surface area (Å²) < 4.78 is 6.65. The number of nitrogens with one attached hydrogen (secondary N) is 1. The number of benzene rings is 1. The Hall–Kier alpha value is -1.20. The van der Waals surface area contributed by atoms with Gasteiger partial charge in [-0.1, -0.05) is 12.1 Å². The minimum Gasteiger partial charge on any atom is -0.419 e. The summed E-state index contributed by atoms with van der Waals surface area (Å²) in [5.41, 5.74) is 0.927. The highest BCUT2D eigenvalue weighted by molar-refractivity contribution is 9.10. The second kappa shape index (κ2) is 5.43. The summed E-state index contributed by atoms with van der Waals surface area (Å²) in [7, 11) is 0. The van der Waals surface area contributed by atoms with Crippen LogP contribution < -0.4 is 5.32 Å². The van der Waals surface area contributed by atoms with Crippen LogP contribution in [0.2, 0.25) is 0 Å². The van der Waals surface area contributed by atoms with E-state index >= 15 is 0 Å². The highest BCUT2D eigenvalue weighted by atomic mass is 79.9. The van der Waals surface area contributed by atoms with Gasteiger partial charge in [-0.25, -0.2) is 0 Å². The van der Waals surface area contributed by atoms with Crippen molar-refractivity contribution in [1.29, 1.82) is 0 Å². The first-order valence-electron chi connectivity index (χ1n) is 6.54. The molecule has 1 fully saturated rings. The maximum atomic E-state index is 5.69. The van der Waals surface area contributed by atoms with Crippen LogP contribution in [0.5, 0.6) is 0 Å². The normalized spacial score (nSPS) is 16.5. The SMILES string of the molecule is CC(NCc1nnc(-c2ccccc2Br)o1)C1CC1. The summed E-state index contributed by atoms with van der Waals surface area (Å²) >= 11 is 3.49. The van der Waals surface area contributed by atoms with E-state index < -0.39 is 0 Å². The van der Waals surface area contributed by atoms with E-state index in [4.69, 9.17) is 4.42 Å². The second-order valence-corrected chi connectivity index (χ2v) is 5.84. The molecule has 100 valence electrons. The van der Waals surface area contributed by atoms with Crippen LogP contribution in [0.3, 0.4) is 0 Å². The lowest BCUT2D eigenvalue weighted by molar-refractivity contribution is 0.429. The molecule has 1 unspecified atom stereocenters. The van der Waals surface area contributed by atoms with Gasteiger partial charge in [0.1, 0.15) is 0 Å². The zero-order valence-corrected chi connectivity index (χ0v) is 12.4. The van der Waals surface area contributed by atoms with Gasteiger partial charge in [0, 0.05) is 10.5 Å². The Bertz CT molecular complexity index is 565. The average Bonchev–Trinajstić information content (AvgIpc) is 3.16. The predicted octanol–water partition coefficient (Wildman–Crippen LogP) is 3.39. The van der Waals surface area contributed by atoms with E-state index in [1.807, 2.05) is 24.3 Å². The molecule has 1 atom stereocenters. The van der Waals surface area contributed by atoms with Crippen molar-refractivity contribution in [3.8, 4) is 11.5 Å². The molecule has 19 heavy (non-hydrogen) atoms. The van der Waals surface area contributed by atoms with Crippen LogP contribution in [0.4, 0.5) is 0 Å². The highest BCUT2D eigenvalue weighted by Crippen LogP contribution is 2.32. The number of nitrogens with zero attached hydrogens (tertiary/aromatic N) is 2. The van der Waals surface area contributed by atoms with Crippen LogP contribution in [-0.2, 0) is 6.54 Å². The maximum absolute atomic E-state index is 5.69. The van der Waals surface area contributed by atoms with E-state index in [-0.39, 0.29) is 0 Å². The largest absolute Gasteiger partial charge is 0.419 e. The maximum Gasteiger partial charge on any atom is 0.248 e. The summed E-state index contributed by atoms with van der Waals surface area (Å²) in [6.45, 7) is 2.85. The van der Waals surface area contributed by atoms with E-state index in [0.717, 1.165) is 16.0 Å². The molecule has 4 nitrogen and oxygen atoms in total. The lowest BCUT2D eigenvalue weighted by atomic mass is 10.2. The Labute approximate surface area is 120 Å². The number of aromatic nitrogens is 2. The molecule has 1 aliphatic rings. The van der Waals surface area contributed by atoms with Gasteiger partial charge in [0.25, 0.3) is 0 Å². The molecule has 3 rings (SSSR count). The van der Waals surface area contributed by atoms with Crippen molar-refractivity contribution in [1.82, 2.24) is 15.5 Å². The van der Waals surface area contributed by atoms with Gasteiger partial charge in [0.05, 0.1) is 12.1 Å². The van der Waals surface area contributed by atoms with Gasteiger partial charge in [-0.05, 0) is 53.7 Å². The topological polar surface area (TPSA) is 51.0 Å². The fourth-order valence-corrected chi connectivity index (χ4v) is 2.53. The Morgan fingerprint density at radius 3 is 2.89 bits per heavy atom. The molecule has 1 saturated carbocycles. The molecule has 2 aromatic rings. The summed E-state index contributed by atoms with van der Waals surface area (Å²) in [6.07, 6.45) is 2.67. The molecule has 0 radical (unpaired) electrons. The third kappa shape index (κ3) is 3.04. The smallest absolute Gasteiger partial charge is 0.248 e. The van der Waals surface area contributed by atoms with Gasteiger partial charge >= 0.3 is 0 Å². The number of hydrogen-bond donors (Lipinski definition) is 1. The Kier molecular flexibility index (Phi) is 3.66. The third-order valence-corrected chi connectivity index (χ3v) is 4.17. The van der Waals surface area contributed by atoms with Crippen molar-refractivity contribution in [3.05, 3.63) is 34.6 Å². The molecule has 5 heteroatoms. The van der Waals surface area contributed by atoms with E-state index in [0.29, 0.717) is 24.4 Å². The minimum atomic E-state index is 0.527. The Morgan fingerprint density at radius 1 is 1.37 bits per heavy atom. The van der Waals surface area contributed by atoms with Gasteiger partial charge in [-0.15, -0.1) is 10.2 Å². The van der Waals surface area contributed by atoms with Gasteiger partial charge < -0.3 is 9.73 Å². The average molecular weight is 322 g/mol. The Balaban J connectivity index is 1.67. The zero-order chi connectivity index (χ0) is 13.2. The Morgan fingerprint density at radius 2 is 2.16 bits per heavy atom. The van der Waals surface area contributed by atoms with E-state index in [1.54, 1.807) is 0 Å². The van der Waals surface area contributed by atoms with Crippen LogP contribution in [-0.4, -0.2) is 16.2 Å². The molecular formula is C14H16BrN3O. The predicted molar refractivity (Wildman–Crippen MR) is 76.5 cm³/mol. The van der Waals surface area contributed by atoms with Crippen LogP contribution in [0, 0.1) is 5.92 Å². The van der Waals surface area contributed by atoms with Crippen molar-refractivity contribution < 1.29 is 4.42 Å². The number of rotatable bonds is 5. The van der Waals surface area contributed by atoms with Gasteiger partial charge in [0.2, 0.25) is 11.8 Å². The molecular weight excluding hydrogens is 306 g/mol.